The van der Waals surface area contributed by atoms with Gasteiger partial charge in [-0.3, -0.25) is 4.52 Å². The number of phosphoric acid groups is 1. The maximum absolute atomic E-state index is 11.3. The van der Waals surface area contributed by atoms with E-state index in [4.69, 9.17) is 18.7 Å². The molecule has 3 N–H and O–H groups in total. The summed E-state index contributed by atoms with van der Waals surface area (Å²) in [6, 6.07) is 7.35. The summed E-state index contributed by atoms with van der Waals surface area (Å²) in [5.74, 6) is -0.184. The molecule has 0 spiro atoms. The highest BCUT2D eigenvalue weighted by Gasteiger charge is 2.27. The van der Waals surface area contributed by atoms with Gasteiger partial charge in [0.15, 0.2) is 0 Å². The van der Waals surface area contributed by atoms with Crippen LogP contribution in [0.3, 0.4) is 0 Å². The minimum Gasteiger partial charge on any atom is -0.497 e. The predicted octanol–water partition coefficient (Wildman–Crippen LogP) is 2.11. The molecule has 1 aromatic carbocycles. The molecule has 0 aliphatic carbocycles. The van der Waals surface area contributed by atoms with Gasteiger partial charge < -0.3 is 29.1 Å². The summed E-state index contributed by atoms with van der Waals surface area (Å²) in [6.07, 6.45) is 2.92. The summed E-state index contributed by atoms with van der Waals surface area (Å²) in [4.78, 5) is 29.7. The van der Waals surface area contributed by atoms with Crippen molar-refractivity contribution in [3.05, 3.63) is 54.1 Å². The first-order valence-corrected chi connectivity index (χ1v) is 10.9. The summed E-state index contributed by atoms with van der Waals surface area (Å²) in [5.41, 5.74) is 0.927. The van der Waals surface area contributed by atoms with Gasteiger partial charge >= 0.3 is 13.8 Å². The molecule has 9 nitrogen and oxygen atoms in total. The van der Waals surface area contributed by atoms with Gasteiger partial charge in [0.25, 0.3) is 0 Å². The molecule has 4 atom stereocenters. The average Bonchev–Trinajstić information content (AvgIpc) is 2.69. The minimum absolute atomic E-state index is 0.128. The SMILES string of the molecule is COc1ccc(COC[C@H](C)[C@H](C/C=C/[C@@H]2OC(=O)C=C[C@@H]2O)OP(=O)(O)O)cc1. The van der Waals surface area contributed by atoms with E-state index in [0.29, 0.717) is 6.61 Å². The fourth-order valence-corrected chi connectivity index (χ4v) is 3.42. The maximum Gasteiger partial charge on any atom is 0.469 e. The van der Waals surface area contributed by atoms with Crippen LogP contribution in [-0.4, -0.2) is 52.9 Å². The van der Waals surface area contributed by atoms with Crippen LogP contribution in [0.1, 0.15) is 18.9 Å². The summed E-state index contributed by atoms with van der Waals surface area (Å²) in [5, 5.41) is 9.81. The Kier molecular flexibility index (Phi) is 9.23. The number of benzene rings is 1. The van der Waals surface area contributed by atoms with Crippen LogP contribution in [0.5, 0.6) is 5.75 Å². The van der Waals surface area contributed by atoms with E-state index in [0.717, 1.165) is 17.4 Å². The van der Waals surface area contributed by atoms with Crippen molar-refractivity contribution < 1.29 is 43.0 Å². The third kappa shape index (κ3) is 8.39. The number of rotatable bonds is 11. The van der Waals surface area contributed by atoms with Gasteiger partial charge in [-0.15, -0.1) is 0 Å². The van der Waals surface area contributed by atoms with Crippen LogP contribution in [0, 0.1) is 5.92 Å². The normalized spacial score (nSPS) is 21.4. The second-order valence-electron chi connectivity index (χ2n) is 6.89. The van der Waals surface area contributed by atoms with Crippen LogP contribution in [-0.2, 0) is 30.0 Å². The smallest absolute Gasteiger partial charge is 0.469 e. The van der Waals surface area contributed by atoms with Crippen LogP contribution in [0.4, 0.5) is 0 Å². The fourth-order valence-electron chi connectivity index (χ4n) is 2.78. The molecule has 10 heteroatoms. The zero-order valence-electron chi connectivity index (χ0n) is 16.8. The van der Waals surface area contributed by atoms with Crippen molar-refractivity contribution >= 4 is 13.8 Å². The Morgan fingerprint density at radius 1 is 1.27 bits per heavy atom. The van der Waals surface area contributed by atoms with Crippen LogP contribution >= 0.6 is 7.82 Å². The van der Waals surface area contributed by atoms with E-state index in [2.05, 4.69) is 0 Å². The number of cyclic esters (lactones) is 1. The topological polar surface area (TPSA) is 132 Å². The number of phosphoric ester groups is 1. The lowest BCUT2D eigenvalue weighted by Crippen LogP contribution is -2.31. The molecule has 0 radical (unpaired) electrons. The Bertz CT molecular complexity index is 784. The summed E-state index contributed by atoms with van der Waals surface area (Å²) < 4.78 is 32.0. The molecule has 30 heavy (non-hydrogen) atoms. The third-order valence-electron chi connectivity index (χ3n) is 4.43. The van der Waals surface area contributed by atoms with Crippen LogP contribution < -0.4 is 4.74 Å². The number of hydrogen-bond donors (Lipinski definition) is 3. The number of hydrogen-bond acceptors (Lipinski definition) is 7. The number of aliphatic hydroxyl groups is 1. The van der Waals surface area contributed by atoms with Crippen molar-refractivity contribution in [1.29, 1.82) is 0 Å². The quantitative estimate of drug-likeness (QED) is 0.268. The maximum atomic E-state index is 11.3. The molecule has 1 heterocycles. The standard InChI is InChI=1S/C20H27O9P/c1-14(12-27-13-15-6-8-16(26-2)9-7-15)18(29-30(23,24)25)4-3-5-19-17(21)10-11-20(22)28-19/h3,5-11,14,17-19,21H,4,12-13H2,1-2H3,(H2,23,24,25)/b5-3+/t14-,17-,18-,19-/m0/s1. The van der Waals surface area contributed by atoms with Gasteiger partial charge in [-0.2, -0.15) is 0 Å². The molecule has 0 aromatic heterocycles. The fraction of sp³-hybridized carbons (Fsp3) is 0.450. The first kappa shape index (κ1) is 24.3. The molecule has 0 bridgehead atoms. The molecule has 1 aromatic rings. The van der Waals surface area contributed by atoms with Crippen molar-refractivity contribution in [3.63, 3.8) is 0 Å². The average molecular weight is 442 g/mol. The van der Waals surface area contributed by atoms with Crippen molar-refractivity contribution in [1.82, 2.24) is 0 Å². The molecule has 0 saturated carbocycles. The van der Waals surface area contributed by atoms with Crippen molar-refractivity contribution in [2.45, 2.75) is 38.3 Å². The molecule has 0 unspecified atom stereocenters. The number of carbonyl (C=O) groups is 1. The molecule has 1 aliphatic heterocycles. The van der Waals surface area contributed by atoms with Crippen LogP contribution in [0.15, 0.2) is 48.6 Å². The van der Waals surface area contributed by atoms with E-state index in [-0.39, 0.29) is 18.9 Å². The molecule has 0 amide bonds. The van der Waals surface area contributed by atoms with E-state index in [9.17, 15) is 24.3 Å². The van der Waals surface area contributed by atoms with Crippen molar-refractivity contribution in [3.8, 4) is 5.75 Å². The number of methoxy groups -OCH3 is 1. The highest BCUT2D eigenvalue weighted by atomic mass is 31.2. The molecule has 0 saturated heterocycles. The van der Waals surface area contributed by atoms with Gasteiger partial charge in [-0.1, -0.05) is 25.1 Å². The second-order valence-corrected chi connectivity index (χ2v) is 8.08. The number of esters is 1. The Hall–Kier alpha value is -2.00. The molecule has 1 aliphatic rings. The third-order valence-corrected chi connectivity index (χ3v) is 4.97. The summed E-state index contributed by atoms with van der Waals surface area (Å²) in [7, 11) is -3.14. The van der Waals surface area contributed by atoms with E-state index in [1.54, 1.807) is 20.1 Å². The van der Waals surface area contributed by atoms with Gasteiger partial charge in [0.1, 0.15) is 18.0 Å². The molecule has 166 valence electrons. The highest BCUT2D eigenvalue weighted by Crippen LogP contribution is 2.40. The number of carbonyl (C=O) groups excluding carboxylic acids is 1. The number of ether oxygens (including phenoxy) is 3. The van der Waals surface area contributed by atoms with Gasteiger partial charge in [-0.05, 0) is 36.3 Å². The second kappa shape index (κ2) is 11.4. The molecular formula is C20H27O9P. The number of aliphatic hydroxyl groups excluding tert-OH is 1. The van der Waals surface area contributed by atoms with E-state index in [1.807, 2.05) is 24.3 Å². The Labute approximate surface area is 175 Å². The van der Waals surface area contributed by atoms with E-state index in [1.165, 1.54) is 12.2 Å². The lowest BCUT2D eigenvalue weighted by molar-refractivity contribution is -0.146. The van der Waals surface area contributed by atoms with Crippen molar-refractivity contribution in [2.24, 2.45) is 5.92 Å². The van der Waals surface area contributed by atoms with Crippen LogP contribution in [0.25, 0.3) is 0 Å². The molecule has 0 fully saturated rings. The zero-order chi connectivity index (χ0) is 22.1. The van der Waals surface area contributed by atoms with Gasteiger partial charge in [0, 0.05) is 12.0 Å². The first-order valence-electron chi connectivity index (χ1n) is 9.36. The van der Waals surface area contributed by atoms with Crippen LogP contribution in [0.2, 0.25) is 0 Å². The van der Waals surface area contributed by atoms with E-state index >= 15 is 0 Å². The lowest BCUT2D eigenvalue weighted by Gasteiger charge is -2.24. The Morgan fingerprint density at radius 3 is 2.60 bits per heavy atom. The van der Waals surface area contributed by atoms with Gasteiger partial charge in [0.05, 0.1) is 26.4 Å². The molecular weight excluding hydrogens is 415 g/mol. The summed E-state index contributed by atoms with van der Waals surface area (Å²) in [6.45, 7) is 2.28. The highest BCUT2D eigenvalue weighted by molar-refractivity contribution is 7.46. The summed E-state index contributed by atoms with van der Waals surface area (Å²) >= 11 is 0. The molecule has 2 rings (SSSR count). The van der Waals surface area contributed by atoms with Gasteiger partial charge in [0.2, 0.25) is 0 Å². The minimum atomic E-state index is -4.72. The Morgan fingerprint density at radius 2 is 1.97 bits per heavy atom. The zero-order valence-corrected chi connectivity index (χ0v) is 17.7. The largest absolute Gasteiger partial charge is 0.497 e. The van der Waals surface area contributed by atoms with Crippen molar-refractivity contribution in [2.75, 3.05) is 13.7 Å². The Balaban J connectivity index is 1.90. The van der Waals surface area contributed by atoms with Gasteiger partial charge in [-0.25, -0.2) is 9.36 Å². The predicted molar refractivity (Wildman–Crippen MR) is 108 cm³/mol. The monoisotopic (exact) mass is 442 g/mol. The lowest BCUT2D eigenvalue weighted by atomic mass is 10.0. The first-order chi connectivity index (χ1) is 14.2. The van der Waals surface area contributed by atoms with E-state index < -0.39 is 32.1 Å².